The standard InChI is InChI=1S/C20H27N3O4/c1-2-27-20(26)15-5-3-11-22(13-15)14-18(24)21-16-7-9-17(10-8-16)23-12-4-6-19(23)25/h7-10,15H,2-6,11-14H2,1H3,(H,21,24)/t15-/m1/s1. The first kappa shape index (κ1) is 19.4. The number of nitrogens with zero attached hydrogens (tertiary/aromatic N) is 2. The van der Waals surface area contributed by atoms with E-state index in [1.54, 1.807) is 11.8 Å². The van der Waals surface area contributed by atoms with Crippen LogP contribution in [0.1, 0.15) is 32.6 Å². The van der Waals surface area contributed by atoms with Gasteiger partial charge in [0, 0.05) is 30.9 Å². The summed E-state index contributed by atoms with van der Waals surface area (Å²) in [7, 11) is 0. The topological polar surface area (TPSA) is 79.0 Å². The number of likely N-dealkylation sites (tertiary alicyclic amines) is 1. The van der Waals surface area contributed by atoms with E-state index in [-0.39, 0.29) is 30.2 Å². The summed E-state index contributed by atoms with van der Waals surface area (Å²) in [4.78, 5) is 39.8. The molecule has 0 saturated carbocycles. The minimum absolute atomic E-state index is 0.107. The van der Waals surface area contributed by atoms with E-state index in [1.807, 2.05) is 29.2 Å². The van der Waals surface area contributed by atoms with Crippen LogP contribution < -0.4 is 10.2 Å². The van der Waals surface area contributed by atoms with E-state index in [0.29, 0.717) is 25.3 Å². The normalized spacial score (nSPS) is 20.6. The quantitative estimate of drug-likeness (QED) is 0.772. The van der Waals surface area contributed by atoms with Gasteiger partial charge in [0.1, 0.15) is 0 Å². The summed E-state index contributed by atoms with van der Waals surface area (Å²) in [6, 6.07) is 7.35. The smallest absolute Gasteiger partial charge is 0.310 e. The van der Waals surface area contributed by atoms with E-state index in [2.05, 4.69) is 5.32 Å². The number of nitrogens with one attached hydrogen (secondary N) is 1. The third-order valence-corrected chi connectivity index (χ3v) is 5.03. The maximum atomic E-state index is 12.3. The van der Waals surface area contributed by atoms with Crippen molar-refractivity contribution in [2.45, 2.75) is 32.6 Å². The van der Waals surface area contributed by atoms with Crippen molar-refractivity contribution in [2.75, 3.05) is 43.0 Å². The van der Waals surface area contributed by atoms with Crippen LogP contribution in [0.15, 0.2) is 24.3 Å². The van der Waals surface area contributed by atoms with Gasteiger partial charge < -0.3 is 15.0 Å². The fourth-order valence-corrected chi connectivity index (χ4v) is 3.70. The third-order valence-electron chi connectivity index (χ3n) is 5.03. The Morgan fingerprint density at radius 3 is 2.63 bits per heavy atom. The van der Waals surface area contributed by atoms with E-state index < -0.39 is 0 Å². The molecule has 2 amide bonds. The van der Waals surface area contributed by atoms with Gasteiger partial charge in [-0.3, -0.25) is 19.3 Å². The first-order valence-corrected chi connectivity index (χ1v) is 9.66. The lowest BCUT2D eigenvalue weighted by molar-refractivity contribution is -0.150. The SMILES string of the molecule is CCOC(=O)[C@@H]1CCCN(CC(=O)Nc2ccc(N3CCCC3=O)cc2)C1. The molecule has 0 bridgehead atoms. The molecule has 1 aromatic rings. The van der Waals surface area contributed by atoms with Crippen molar-refractivity contribution in [3.8, 4) is 0 Å². The first-order valence-electron chi connectivity index (χ1n) is 9.66. The molecule has 2 aliphatic rings. The summed E-state index contributed by atoms with van der Waals surface area (Å²) in [5.41, 5.74) is 1.57. The van der Waals surface area contributed by atoms with Gasteiger partial charge >= 0.3 is 5.97 Å². The molecule has 146 valence electrons. The van der Waals surface area contributed by atoms with Gasteiger partial charge in [-0.05, 0) is 57.0 Å². The zero-order valence-electron chi connectivity index (χ0n) is 15.8. The van der Waals surface area contributed by atoms with Gasteiger partial charge in [0.05, 0.1) is 19.1 Å². The third kappa shape index (κ3) is 5.07. The number of benzene rings is 1. The summed E-state index contributed by atoms with van der Waals surface area (Å²) in [5.74, 6) is -0.281. The lowest BCUT2D eigenvalue weighted by Gasteiger charge is -2.30. The molecule has 2 aliphatic heterocycles. The molecular formula is C20H27N3O4. The van der Waals surface area contributed by atoms with E-state index in [1.165, 1.54) is 0 Å². The number of piperidine rings is 1. The van der Waals surface area contributed by atoms with Gasteiger partial charge in [0.2, 0.25) is 11.8 Å². The van der Waals surface area contributed by atoms with Crippen LogP contribution in [0.2, 0.25) is 0 Å². The van der Waals surface area contributed by atoms with Gasteiger partial charge in [0.25, 0.3) is 0 Å². The molecule has 27 heavy (non-hydrogen) atoms. The molecule has 2 heterocycles. The molecule has 0 unspecified atom stereocenters. The number of ether oxygens (including phenoxy) is 1. The maximum absolute atomic E-state index is 12.3. The molecule has 7 heteroatoms. The van der Waals surface area contributed by atoms with Crippen molar-refractivity contribution in [1.29, 1.82) is 0 Å². The number of carbonyl (C=O) groups excluding carboxylic acids is 3. The summed E-state index contributed by atoms with van der Waals surface area (Å²) in [6.45, 7) is 4.55. The van der Waals surface area contributed by atoms with E-state index in [0.717, 1.165) is 38.0 Å². The minimum Gasteiger partial charge on any atom is -0.466 e. The van der Waals surface area contributed by atoms with Gasteiger partial charge in [-0.15, -0.1) is 0 Å². The van der Waals surface area contributed by atoms with Crippen molar-refractivity contribution in [2.24, 2.45) is 5.92 Å². The predicted octanol–water partition coefficient (Wildman–Crippen LogP) is 2.03. The summed E-state index contributed by atoms with van der Waals surface area (Å²) >= 11 is 0. The number of rotatable bonds is 6. The van der Waals surface area contributed by atoms with E-state index in [9.17, 15) is 14.4 Å². The highest BCUT2D eigenvalue weighted by Crippen LogP contribution is 2.23. The second-order valence-electron chi connectivity index (χ2n) is 7.07. The molecule has 0 spiro atoms. The Hall–Kier alpha value is -2.41. The van der Waals surface area contributed by atoms with Crippen LogP contribution in [0.25, 0.3) is 0 Å². The highest BCUT2D eigenvalue weighted by atomic mass is 16.5. The zero-order chi connectivity index (χ0) is 19.2. The molecule has 3 rings (SSSR count). The number of carbonyl (C=O) groups is 3. The second-order valence-corrected chi connectivity index (χ2v) is 7.07. The van der Waals surface area contributed by atoms with Crippen LogP contribution in [-0.2, 0) is 19.1 Å². The lowest BCUT2D eigenvalue weighted by atomic mass is 9.98. The molecule has 0 aliphatic carbocycles. The zero-order valence-corrected chi connectivity index (χ0v) is 15.8. The monoisotopic (exact) mass is 373 g/mol. The molecule has 2 fully saturated rings. The van der Waals surface area contributed by atoms with Crippen LogP contribution in [-0.4, -0.2) is 55.5 Å². The number of amides is 2. The van der Waals surface area contributed by atoms with Crippen LogP contribution in [0, 0.1) is 5.92 Å². The van der Waals surface area contributed by atoms with Crippen molar-refractivity contribution in [3.05, 3.63) is 24.3 Å². The fourth-order valence-electron chi connectivity index (χ4n) is 3.70. The Kier molecular flexibility index (Phi) is 6.45. The Labute approximate surface area is 159 Å². The second kappa shape index (κ2) is 8.99. The summed E-state index contributed by atoms with van der Waals surface area (Å²) in [5, 5.41) is 2.89. The molecule has 1 aromatic carbocycles. The maximum Gasteiger partial charge on any atom is 0.310 e. The first-order chi connectivity index (χ1) is 13.1. The Balaban J connectivity index is 1.50. The molecule has 0 radical (unpaired) electrons. The molecule has 2 saturated heterocycles. The fraction of sp³-hybridized carbons (Fsp3) is 0.550. The number of anilines is 2. The van der Waals surface area contributed by atoms with Crippen LogP contribution in [0.5, 0.6) is 0 Å². The van der Waals surface area contributed by atoms with Gasteiger partial charge in [-0.2, -0.15) is 0 Å². The van der Waals surface area contributed by atoms with Crippen molar-refractivity contribution >= 4 is 29.2 Å². The molecule has 1 N–H and O–H groups in total. The van der Waals surface area contributed by atoms with Crippen LogP contribution in [0.3, 0.4) is 0 Å². The number of hydrogen-bond acceptors (Lipinski definition) is 5. The highest BCUT2D eigenvalue weighted by Gasteiger charge is 2.27. The summed E-state index contributed by atoms with van der Waals surface area (Å²) < 4.78 is 5.10. The Morgan fingerprint density at radius 1 is 1.19 bits per heavy atom. The number of esters is 1. The minimum atomic E-state index is -0.172. The van der Waals surface area contributed by atoms with Gasteiger partial charge in [0.15, 0.2) is 0 Å². The Bertz CT molecular complexity index is 689. The predicted molar refractivity (Wildman–Crippen MR) is 102 cm³/mol. The van der Waals surface area contributed by atoms with E-state index in [4.69, 9.17) is 4.74 Å². The highest BCUT2D eigenvalue weighted by molar-refractivity contribution is 5.96. The van der Waals surface area contributed by atoms with Gasteiger partial charge in [-0.25, -0.2) is 0 Å². The van der Waals surface area contributed by atoms with Crippen molar-refractivity contribution in [3.63, 3.8) is 0 Å². The molecule has 1 atom stereocenters. The van der Waals surface area contributed by atoms with Crippen LogP contribution in [0.4, 0.5) is 11.4 Å². The molecular weight excluding hydrogens is 346 g/mol. The van der Waals surface area contributed by atoms with E-state index >= 15 is 0 Å². The van der Waals surface area contributed by atoms with Crippen molar-refractivity contribution in [1.82, 2.24) is 4.90 Å². The average Bonchev–Trinajstić information content (AvgIpc) is 3.08. The lowest BCUT2D eigenvalue weighted by Crippen LogP contribution is -2.43. The molecule has 7 nitrogen and oxygen atoms in total. The largest absolute Gasteiger partial charge is 0.466 e. The van der Waals surface area contributed by atoms with Crippen LogP contribution >= 0.6 is 0 Å². The van der Waals surface area contributed by atoms with Gasteiger partial charge in [-0.1, -0.05) is 0 Å². The van der Waals surface area contributed by atoms with Crippen molar-refractivity contribution < 1.29 is 19.1 Å². The summed E-state index contributed by atoms with van der Waals surface area (Å²) in [6.07, 6.45) is 3.18. The molecule has 0 aromatic heterocycles. The number of hydrogen-bond donors (Lipinski definition) is 1. The Morgan fingerprint density at radius 2 is 1.96 bits per heavy atom. The average molecular weight is 373 g/mol.